The van der Waals surface area contributed by atoms with E-state index in [1.807, 2.05) is 43.7 Å². The van der Waals surface area contributed by atoms with Crippen LogP contribution in [0.1, 0.15) is 77.2 Å². The van der Waals surface area contributed by atoms with E-state index in [1.54, 1.807) is 0 Å². The number of aromatic nitrogens is 2. The van der Waals surface area contributed by atoms with E-state index in [9.17, 15) is 19.2 Å². The minimum atomic E-state index is -0.678. The van der Waals surface area contributed by atoms with Gasteiger partial charge in [0.15, 0.2) is 0 Å². The first-order chi connectivity index (χ1) is 28.9. The molecule has 3 fully saturated rings. The number of hydrogen-bond acceptors (Lipinski definition) is 8. The van der Waals surface area contributed by atoms with Crippen LogP contribution in [0.15, 0.2) is 77.9 Å². The molecule has 0 spiro atoms. The number of aromatic amines is 1. The van der Waals surface area contributed by atoms with Crippen LogP contribution < -0.4 is 10.6 Å². The normalized spacial score (nSPS) is 21.5. The molecular formula is C47H55N7O6. The number of rotatable bonds is 11. The van der Waals surface area contributed by atoms with Crippen molar-refractivity contribution >= 4 is 35.4 Å². The van der Waals surface area contributed by atoms with Gasteiger partial charge in [0, 0.05) is 24.7 Å². The van der Waals surface area contributed by atoms with Crippen molar-refractivity contribution < 1.29 is 28.7 Å². The second-order valence-electron chi connectivity index (χ2n) is 17.3. The summed E-state index contributed by atoms with van der Waals surface area (Å²) < 4.78 is 9.61. The third-order valence-corrected chi connectivity index (χ3v) is 12.9. The first-order valence-electron chi connectivity index (χ1n) is 21.2. The van der Waals surface area contributed by atoms with Crippen molar-refractivity contribution in [3.63, 3.8) is 0 Å². The first kappa shape index (κ1) is 40.8. The third-order valence-electron chi connectivity index (χ3n) is 12.9. The Labute approximate surface area is 351 Å². The molecule has 13 nitrogen and oxygen atoms in total. The van der Waals surface area contributed by atoms with Gasteiger partial charge in [-0.3, -0.25) is 14.6 Å². The molecule has 3 aromatic carbocycles. The molecule has 4 aliphatic rings. The van der Waals surface area contributed by atoms with Gasteiger partial charge in [0.1, 0.15) is 17.9 Å². The van der Waals surface area contributed by atoms with Gasteiger partial charge >= 0.3 is 12.2 Å². The maximum absolute atomic E-state index is 13.9. The lowest BCUT2D eigenvalue weighted by atomic mass is 9.95. The fourth-order valence-corrected chi connectivity index (χ4v) is 9.70. The van der Waals surface area contributed by atoms with Gasteiger partial charge in [-0.2, -0.15) is 0 Å². The number of carbonyl (C=O) groups excluding carboxylic acids is 4. The van der Waals surface area contributed by atoms with Gasteiger partial charge in [-0.05, 0) is 95.4 Å². The summed E-state index contributed by atoms with van der Waals surface area (Å²) in [7, 11) is 2.61. The molecule has 0 radical (unpaired) electrons. The molecule has 4 aromatic rings. The molecule has 2 saturated heterocycles. The summed E-state index contributed by atoms with van der Waals surface area (Å²) in [6.45, 7) is 8.34. The number of imidazole rings is 1. The molecule has 3 N–H and O–H groups in total. The van der Waals surface area contributed by atoms with E-state index in [0.717, 1.165) is 88.4 Å². The summed E-state index contributed by atoms with van der Waals surface area (Å²) >= 11 is 0. The molecule has 1 aliphatic carbocycles. The minimum absolute atomic E-state index is 0.0852. The molecule has 6 atom stereocenters. The van der Waals surface area contributed by atoms with Crippen molar-refractivity contribution in [1.29, 1.82) is 0 Å². The van der Waals surface area contributed by atoms with Crippen LogP contribution in [-0.4, -0.2) is 94.4 Å². The van der Waals surface area contributed by atoms with Crippen molar-refractivity contribution in [2.24, 2.45) is 22.7 Å². The summed E-state index contributed by atoms with van der Waals surface area (Å²) in [5.41, 5.74) is 9.39. The number of likely N-dealkylation sites (tertiary alicyclic amines) is 2. The van der Waals surface area contributed by atoms with Crippen molar-refractivity contribution in [2.75, 3.05) is 20.8 Å². The van der Waals surface area contributed by atoms with E-state index in [4.69, 9.17) is 19.5 Å². The van der Waals surface area contributed by atoms with E-state index in [-0.39, 0.29) is 41.8 Å². The smallest absolute Gasteiger partial charge is 0.407 e. The van der Waals surface area contributed by atoms with Crippen LogP contribution in [0.2, 0.25) is 0 Å². The molecule has 13 heteroatoms. The van der Waals surface area contributed by atoms with E-state index in [1.165, 1.54) is 14.2 Å². The van der Waals surface area contributed by atoms with Gasteiger partial charge in [-0.1, -0.05) is 82.3 Å². The Morgan fingerprint density at radius 2 is 1.33 bits per heavy atom. The summed E-state index contributed by atoms with van der Waals surface area (Å²) in [5, 5.41) is 5.49. The Morgan fingerprint density at radius 3 is 1.95 bits per heavy atom. The zero-order valence-corrected chi connectivity index (χ0v) is 35.2. The average molecular weight is 814 g/mol. The fraction of sp³-hybridized carbons (Fsp3) is 0.447. The van der Waals surface area contributed by atoms with Gasteiger partial charge in [0.25, 0.3) is 0 Å². The van der Waals surface area contributed by atoms with Gasteiger partial charge in [0.2, 0.25) is 11.8 Å². The number of benzene rings is 3. The topological polar surface area (TPSA) is 158 Å². The Hall–Kier alpha value is -5.98. The lowest BCUT2D eigenvalue weighted by Gasteiger charge is -2.37. The minimum Gasteiger partial charge on any atom is -0.453 e. The summed E-state index contributed by atoms with van der Waals surface area (Å²) in [5.74, 6) is 0.730. The van der Waals surface area contributed by atoms with Crippen LogP contribution in [0.4, 0.5) is 15.3 Å². The van der Waals surface area contributed by atoms with Crippen molar-refractivity contribution in [3.05, 3.63) is 84.3 Å². The monoisotopic (exact) mass is 813 g/mol. The number of amides is 4. The maximum Gasteiger partial charge on any atom is 0.407 e. The summed E-state index contributed by atoms with van der Waals surface area (Å²) in [4.78, 5) is 68.9. The first-order valence-corrected chi connectivity index (χ1v) is 21.2. The van der Waals surface area contributed by atoms with E-state index in [2.05, 4.69) is 82.3 Å². The summed E-state index contributed by atoms with van der Waals surface area (Å²) in [6.07, 6.45) is 5.99. The highest BCUT2D eigenvalue weighted by Crippen LogP contribution is 2.50. The molecule has 0 unspecified atom stereocenters. The van der Waals surface area contributed by atoms with Crippen LogP contribution in [0, 0.1) is 17.8 Å². The number of carbonyl (C=O) groups is 4. The summed E-state index contributed by atoms with van der Waals surface area (Å²) in [6, 6.07) is 21.9. The second-order valence-corrected chi connectivity index (χ2v) is 17.3. The number of nitrogens with zero attached hydrogens (tertiary/aromatic N) is 4. The molecule has 4 amide bonds. The zero-order chi connectivity index (χ0) is 42.2. The molecule has 60 heavy (non-hydrogen) atoms. The Bertz CT molecular complexity index is 2280. The number of H-pyrrole nitrogens is 1. The van der Waals surface area contributed by atoms with Crippen LogP contribution in [0.25, 0.3) is 33.5 Å². The molecule has 4 heterocycles. The molecule has 3 aliphatic heterocycles. The van der Waals surface area contributed by atoms with Gasteiger partial charge < -0.3 is 34.9 Å². The lowest BCUT2D eigenvalue weighted by Crippen LogP contribution is -2.54. The SMILES string of the molecule is COC(=O)N[C@H](C(=O)N1CCC[C@H]1C1=Nc2ccc(-c3ccc(-c4ccc(-c5cnc([C@@H]6[C@H]7CC[C@H](C7)N6C(=O)[C@@H](NC(=O)OC)C(C)C)[nH]5)cc4)cc3)cc2C1)C(C)C. The standard InChI is InChI=1S/C47H55N7O6/c1-26(2)40(51-46(57)59-5)44(55)53-21-7-8-39(53)37-24-34-22-32(18-20-36(34)49-37)30-11-9-28(10-12-30)29-13-15-31(16-14-29)38-25-48-43(50-38)42-33-17-19-35(23-33)54(42)45(56)41(27(3)4)52-47(58)60-6/h9-16,18,20,22,25-27,33,35,39-42H,7-8,17,19,21,23-24H2,1-6H3,(H,48,50)(H,51,57)(H,52,58)/t33-,35+,39-,40-,41-,42-/m0/s1. The van der Waals surface area contributed by atoms with E-state index < -0.39 is 24.3 Å². The Kier molecular flexibility index (Phi) is 11.5. The molecule has 1 saturated carbocycles. The van der Waals surface area contributed by atoms with Gasteiger partial charge in [-0.25, -0.2) is 14.6 Å². The lowest BCUT2D eigenvalue weighted by molar-refractivity contribution is -0.139. The fourth-order valence-electron chi connectivity index (χ4n) is 9.70. The largest absolute Gasteiger partial charge is 0.453 e. The van der Waals surface area contributed by atoms with Gasteiger partial charge in [0.05, 0.1) is 43.9 Å². The molecule has 1 aromatic heterocycles. The van der Waals surface area contributed by atoms with Gasteiger partial charge in [-0.15, -0.1) is 0 Å². The number of hydrogen-bond donors (Lipinski definition) is 3. The number of alkyl carbamates (subject to hydrolysis) is 2. The van der Waals surface area contributed by atoms with Crippen LogP contribution >= 0.6 is 0 Å². The van der Waals surface area contributed by atoms with Crippen molar-refractivity contribution in [2.45, 2.75) is 96.4 Å². The van der Waals surface area contributed by atoms with Crippen molar-refractivity contribution in [1.82, 2.24) is 30.4 Å². The number of aliphatic imine (C=N–C) groups is 1. The highest BCUT2D eigenvalue weighted by atomic mass is 16.5. The quantitative estimate of drug-likeness (QED) is 0.139. The predicted octanol–water partition coefficient (Wildman–Crippen LogP) is 7.84. The van der Waals surface area contributed by atoms with Crippen LogP contribution in [0.5, 0.6) is 0 Å². The number of piperidine rings is 1. The molecular weight excluding hydrogens is 759 g/mol. The number of ether oxygens (including phenoxy) is 2. The molecule has 8 rings (SSSR count). The number of methoxy groups -OCH3 is 2. The number of nitrogens with one attached hydrogen (secondary N) is 3. The van der Waals surface area contributed by atoms with E-state index >= 15 is 0 Å². The predicted molar refractivity (Wildman–Crippen MR) is 229 cm³/mol. The van der Waals surface area contributed by atoms with Crippen LogP contribution in [-0.2, 0) is 25.5 Å². The Morgan fingerprint density at radius 1 is 0.750 bits per heavy atom. The van der Waals surface area contributed by atoms with Crippen molar-refractivity contribution in [3.8, 4) is 33.5 Å². The highest BCUT2D eigenvalue weighted by Gasteiger charge is 2.51. The number of fused-ring (bicyclic) bond motifs is 3. The third kappa shape index (κ3) is 7.89. The second kappa shape index (κ2) is 16.9. The Balaban J connectivity index is 0.921. The zero-order valence-electron chi connectivity index (χ0n) is 35.2. The molecule has 2 bridgehead atoms. The van der Waals surface area contributed by atoms with Crippen LogP contribution in [0.3, 0.4) is 0 Å². The maximum atomic E-state index is 13.9. The van der Waals surface area contributed by atoms with E-state index in [0.29, 0.717) is 18.9 Å². The highest BCUT2D eigenvalue weighted by molar-refractivity contribution is 6.01. The average Bonchev–Trinajstić information content (AvgIpc) is 4.12. The molecule has 314 valence electrons.